The van der Waals surface area contributed by atoms with Crippen LogP contribution in [0.1, 0.15) is 25.5 Å². The van der Waals surface area contributed by atoms with Crippen LogP contribution in [0.2, 0.25) is 0 Å². The molecule has 1 aromatic rings. The molecule has 0 aromatic carbocycles. The average Bonchev–Trinajstić information content (AvgIpc) is 3.25. The summed E-state index contributed by atoms with van der Waals surface area (Å²) in [7, 11) is 0. The molecule has 2 aliphatic rings. The molecule has 0 spiro atoms. The van der Waals surface area contributed by atoms with Crippen molar-refractivity contribution in [1.82, 2.24) is 20.5 Å². The third-order valence-electron chi connectivity index (χ3n) is 3.70. The fourth-order valence-electron chi connectivity index (χ4n) is 2.32. The van der Waals surface area contributed by atoms with Crippen LogP contribution in [0.25, 0.3) is 0 Å². The van der Waals surface area contributed by atoms with Crippen molar-refractivity contribution in [3.63, 3.8) is 0 Å². The molecule has 2 fully saturated rings. The van der Waals surface area contributed by atoms with Crippen molar-refractivity contribution in [3.8, 4) is 0 Å². The van der Waals surface area contributed by atoms with E-state index in [0.29, 0.717) is 5.69 Å². The predicted octanol–water partition coefficient (Wildman–Crippen LogP) is 0.127. The number of hydrogen-bond donors (Lipinski definition) is 2. The van der Waals surface area contributed by atoms with E-state index in [1.54, 1.807) is 31.3 Å². The van der Waals surface area contributed by atoms with Gasteiger partial charge in [0.2, 0.25) is 5.91 Å². The SMILES string of the molecule is CC1(c2ccccn2)NC(=O)N(CC(=O)NC2CC2)C1=O. The van der Waals surface area contributed by atoms with Crippen LogP contribution in [0.4, 0.5) is 4.79 Å². The molecule has 7 nitrogen and oxygen atoms in total. The Labute approximate surface area is 121 Å². The molecule has 7 heteroatoms. The van der Waals surface area contributed by atoms with Gasteiger partial charge in [0.25, 0.3) is 5.91 Å². The van der Waals surface area contributed by atoms with Crippen molar-refractivity contribution in [2.75, 3.05) is 6.54 Å². The minimum Gasteiger partial charge on any atom is -0.352 e. The molecule has 1 unspecified atom stereocenters. The largest absolute Gasteiger partial charge is 0.352 e. The standard InChI is InChI=1S/C14H16N4O3/c1-14(10-4-2-3-7-15-10)12(20)18(13(21)17-14)8-11(19)16-9-5-6-9/h2-4,7,9H,5-6,8H2,1H3,(H,16,19)(H,17,21). The number of imide groups is 1. The minimum atomic E-state index is -1.22. The Morgan fingerprint density at radius 1 is 1.48 bits per heavy atom. The van der Waals surface area contributed by atoms with Crippen LogP contribution in [0, 0.1) is 0 Å². The molecule has 1 aliphatic heterocycles. The van der Waals surface area contributed by atoms with Gasteiger partial charge in [0.15, 0.2) is 5.54 Å². The number of carbonyl (C=O) groups is 3. The smallest absolute Gasteiger partial charge is 0.325 e. The van der Waals surface area contributed by atoms with Gasteiger partial charge in [0.05, 0.1) is 5.69 Å². The van der Waals surface area contributed by atoms with Crippen molar-refractivity contribution in [2.24, 2.45) is 0 Å². The topological polar surface area (TPSA) is 91.4 Å². The Bertz CT molecular complexity index is 599. The summed E-state index contributed by atoms with van der Waals surface area (Å²) in [6.45, 7) is 1.33. The van der Waals surface area contributed by atoms with Crippen LogP contribution in [0.15, 0.2) is 24.4 Å². The Morgan fingerprint density at radius 3 is 2.86 bits per heavy atom. The highest BCUT2D eigenvalue weighted by Crippen LogP contribution is 2.27. The fourth-order valence-corrected chi connectivity index (χ4v) is 2.32. The van der Waals surface area contributed by atoms with Crippen molar-refractivity contribution in [3.05, 3.63) is 30.1 Å². The number of pyridine rings is 1. The van der Waals surface area contributed by atoms with Crippen LogP contribution < -0.4 is 10.6 Å². The molecular weight excluding hydrogens is 272 g/mol. The van der Waals surface area contributed by atoms with Gasteiger partial charge in [0.1, 0.15) is 6.54 Å². The highest BCUT2D eigenvalue weighted by molar-refractivity contribution is 6.08. The number of amides is 4. The molecule has 0 bridgehead atoms. The van der Waals surface area contributed by atoms with Crippen LogP contribution in [0.5, 0.6) is 0 Å². The van der Waals surface area contributed by atoms with E-state index < -0.39 is 17.5 Å². The van der Waals surface area contributed by atoms with Gasteiger partial charge in [-0.25, -0.2) is 4.79 Å². The summed E-state index contributed by atoms with van der Waals surface area (Å²) >= 11 is 0. The first-order valence-corrected chi connectivity index (χ1v) is 6.86. The normalized spacial score (nSPS) is 24.9. The fraction of sp³-hybridized carbons (Fsp3) is 0.429. The second-order valence-electron chi connectivity index (χ2n) is 5.50. The summed E-state index contributed by atoms with van der Waals surface area (Å²) in [5, 5.41) is 5.38. The molecule has 3 rings (SSSR count). The summed E-state index contributed by atoms with van der Waals surface area (Å²) < 4.78 is 0. The molecule has 1 atom stereocenters. The van der Waals surface area contributed by atoms with Gasteiger partial charge >= 0.3 is 6.03 Å². The first kappa shape index (κ1) is 13.5. The quantitative estimate of drug-likeness (QED) is 0.770. The minimum absolute atomic E-state index is 0.195. The van der Waals surface area contributed by atoms with E-state index in [0.717, 1.165) is 17.7 Å². The monoisotopic (exact) mass is 288 g/mol. The molecular formula is C14H16N4O3. The van der Waals surface area contributed by atoms with Gasteiger partial charge in [-0.1, -0.05) is 6.07 Å². The highest BCUT2D eigenvalue weighted by atomic mass is 16.2. The maximum Gasteiger partial charge on any atom is 0.325 e. The molecule has 1 aliphatic carbocycles. The van der Waals surface area contributed by atoms with Crippen molar-refractivity contribution in [1.29, 1.82) is 0 Å². The van der Waals surface area contributed by atoms with Crippen LogP contribution in [-0.2, 0) is 15.1 Å². The number of carbonyl (C=O) groups excluding carboxylic acids is 3. The zero-order valence-corrected chi connectivity index (χ0v) is 11.6. The third kappa shape index (κ3) is 2.46. The maximum absolute atomic E-state index is 12.5. The third-order valence-corrected chi connectivity index (χ3v) is 3.70. The van der Waals surface area contributed by atoms with Crippen LogP contribution >= 0.6 is 0 Å². The van der Waals surface area contributed by atoms with E-state index in [1.165, 1.54) is 0 Å². The van der Waals surface area contributed by atoms with Gasteiger partial charge in [-0.3, -0.25) is 19.5 Å². The van der Waals surface area contributed by atoms with E-state index in [1.807, 2.05) is 0 Å². The van der Waals surface area contributed by atoms with Gasteiger partial charge in [-0.2, -0.15) is 0 Å². The van der Waals surface area contributed by atoms with E-state index in [-0.39, 0.29) is 18.5 Å². The van der Waals surface area contributed by atoms with E-state index >= 15 is 0 Å². The number of nitrogens with one attached hydrogen (secondary N) is 2. The van der Waals surface area contributed by atoms with Crippen molar-refractivity contribution < 1.29 is 14.4 Å². The molecule has 4 amide bonds. The summed E-state index contributed by atoms with van der Waals surface area (Å²) in [5.41, 5.74) is -0.772. The Morgan fingerprint density at radius 2 is 2.24 bits per heavy atom. The summed E-state index contributed by atoms with van der Waals surface area (Å²) in [5.74, 6) is -0.775. The average molecular weight is 288 g/mol. The molecule has 1 aromatic heterocycles. The first-order valence-electron chi connectivity index (χ1n) is 6.86. The lowest BCUT2D eigenvalue weighted by atomic mass is 9.97. The van der Waals surface area contributed by atoms with Gasteiger partial charge in [-0.05, 0) is 31.9 Å². The second kappa shape index (κ2) is 4.83. The molecule has 2 heterocycles. The summed E-state index contributed by atoms with van der Waals surface area (Å²) in [6.07, 6.45) is 3.47. The molecule has 21 heavy (non-hydrogen) atoms. The van der Waals surface area contributed by atoms with Crippen molar-refractivity contribution in [2.45, 2.75) is 31.3 Å². The number of aromatic nitrogens is 1. The predicted molar refractivity (Wildman–Crippen MR) is 73.0 cm³/mol. The lowest BCUT2D eigenvalue weighted by Crippen LogP contribution is -2.44. The van der Waals surface area contributed by atoms with Gasteiger partial charge in [0, 0.05) is 12.2 Å². The summed E-state index contributed by atoms with van der Waals surface area (Å²) in [6, 6.07) is 4.77. The van der Waals surface area contributed by atoms with Gasteiger partial charge < -0.3 is 10.6 Å². The molecule has 1 saturated heterocycles. The van der Waals surface area contributed by atoms with E-state index in [9.17, 15) is 14.4 Å². The maximum atomic E-state index is 12.5. The first-order chi connectivity index (χ1) is 10.0. The zero-order valence-electron chi connectivity index (χ0n) is 11.6. The van der Waals surface area contributed by atoms with E-state index in [2.05, 4.69) is 15.6 Å². The van der Waals surface area contributed by atoms with Crippen molar-refractivity contribution >= 4 is 17.8 Å². The second-order valence-corrected chi connectivity index (χ2v) is 5.50. The Kier molecular flexibility index (Phi) is 3.12. The molecule has 1 saturated carbocycles. The zero-order chi connectivity index (χ0) is 15.0. The number of nitrogens with zero attached hydrogens (tertiary/aromatic N) is 2. The lowest BCUT2D eigenvalue weighted by Gasteiger charge is -2.20. The van der Waals surface area contributed by atoms with E-state index in [4.69, 9.17) is 0 Å². The Hall–Kier alpha value is -2.44. The van der Waals surface area contributed by atoms with Crippen LogP contribution in [0.3, 0.4) is 0 Å². The van der Waals surface area contributed by atoms with Crippen LogP contribution in [-0.4, -0.2) is 40.3 Å². The summed E-state index contributed by atoms with van der Waals surface area (Å²) in [4.78, 5) is 41.3. The molecule has 0 radical (unpaired) electrons. The van der Waals surface area contributed by atoms with Gasteiger partial charge in [-0.15, -0.1) is 0 Å². The number of urea groups is 1. The Balaban J connectivity index is 1.76. The molecule has 110 valence electrons. The lowest BCUT2D eigenvalue weighted by molar-refractivity contribution is -0.135. The highest BCUT2D eigenvalue weighted by Gasteiger charge is 2.50. The molecule has 2 N–H and O–H groups in total. The number of hydrogen-bond acceptors (Lipinski definition) is 4. The number of rotatable bonds is 4.